The molecule has 1 aromatic carbocycles. The van der Waals surface area contributed by atoms with Gasteiger partial charge in [0.25, 0.3) is 5.56 Å². The lowest BCUT2D eigenvalue weighted by molar-refractivity contribution is -0.159. The van der Waals surface area contributed by atoms with E-state index in [1.807, 2.05) is 6.07 Å². The van der Waals surface area contributed by atoms with Gasteiger partial charge in [-0.15, -0.1) is 0 Å². The Hall–Kier alpha value is -2.84. The zero-order chi connectivity index (χ0) is 24.2. The molecule has 0 aliphatic carbocycles. The Kier molecular flexibility index (Phi) is 7.81. The van der Waals surface area contributed by atoms with E-state index in [-0.39, 0.29) is 18.6 Å². The second kappa shape index (κ2) is 10.4. The molecule has 9 heteroatoms. The number of ether oxygens (including phenoxy) is 3. The third kappa shape index (κ3) is 5.94. The molecule has 0 N–H and O–H groups in total. The number of esters is 1. The van der Waals surface area contributed by atoms with Crippen LogP contribution < -0.4 is 10.3 Å². The molecule has 2 aromatic rings. The Labute approximate surface area is 198 Å². The molecule has 178 valence electrons. The Morgan fingerprint density at radius 1 is 1.21 bits per heavy atom. The van der Waals surface area contributed by atoms with Crippen molar-refractivity contribution in [3.8, 4) is 16.9 Å². The first-order chi connectivity index (χ1) is 15.6. The van der Waals surface area contributed by atoms with Gasteiger partial charge in [0.05, 0.1) is 19.0 Å². The van der Waals surface area contributed by atoms with Gasteiger partial charge >= 0.3 is 5.97 Å². The lowest BCUT2D eigenvalue weighted by Gasteiger charge is -2.25. The van der Waals surface area contributed by atoms with E-state index in [0.29, 0.717) is 34.9 Å². The SMILES string of the molecule is COCCC(C(=O)OC(C)(C)C)n1cc(OC)c(-c2cc(Cl)ccc2C2=NOCC2)cc1=O. The van der Waals surface area contributed by atoms with Crippen molar-refractivity contribution in [1.29, 1.82) is 0 Å². The lowest BCUT2D eigenvalue weighted by Crippen LogP contribution is -2.35. The first-order valence-corrected chi connectivity index (χ1v) is 11.0. The summed E-state index contributed by atoms with van der Waals surface area (Å²) in [5.41, 5.74) is 1.72. The van der Waals surface area contributed by atoms with Crippen molar-refractivity contribution in [2.45, 2.75) is 45.3 Å². The van der Waals surface area contributed by atoms with Crippen molar-refractivity contribution in [2.75, 3.05) is 27.4 Å². The number of halogens is 1. The summed E-state index contributed by atoms with van der Waals surface area (Å²) in [6, 6.07) is 5.94. The van der Waals surface area contributed by atoms with Crippen molar-refractivity contribution in [1.82, 2.24) is 4.57 Å². The van der Waals surface area contributed by atoms with Gasteiger partial charge in [-0.05, 0) is 38.5 Å². The number of nitrogens with zero attached hydrogens (tertiary/aromatic N) is 2. The maximum absolute atomic E-state index is 13.2. The van der Waals surface area contributed by atoms with Crippen LogP contribution in [0.15, 0.2) is 40.4 Å². The molecule has 1 atom stereocenters. The molecule has 2 heterocycles. The Morgan fingerprint density at radius 3 is 2.58 bits per heavy atom. The molecule has 0 amide bonds. The van der Waals surface area contributed by atoms with Gasteiger partial charge < -0.3 is 19.0 Å². The molecule has 0 spiro atoms. The summed E-state index contributed by atoms with van der Waals surface area (Å²) in [5.74, 6) is -0.110. The molecule has 1 aliphatic heterocycles. The van der Waals surface area contributed by atoms with Crippen LogP contribution in [0.25, 0.3) is 11.1 Å². The van der Waals surface area contributed by atoms with E-state index in [9.17, 15) is 9.59 Å². The molecule has 1 aromatic heterocycles. The quantitative estimate of drug-likeness (QED) is 0.530. The van der Waals surface area contributed by atoms with Gasteiger partial charge in [-0.1, -0.05) is 22.8 Å². The number of oxime groups is 1. The van der Waals surface area contributed by atoms with Crippen LogP contribution in [-0.4, -0.2) is 49.3 Å². The largest absolute Gasteiger partial charge is 0.495 e. The average molecular weight is 477 g/mol. The maximum Gasteiger partial charge on any atom is 0.329 e. The van der Waals surface area contributed by atoms with Crippen LogP contribution in [-0.2, 0) is 19.1 Å². The lowest BCUT2D eigenvalue weighted by atomic mass is 9.95. The summed E-state index contributed by atoms with van der Waals surface area (Å²) < 4.78 is 17.7. The number of carbonyl (C=O) groups excluding carboxylic acids is 1. The van der Waals surface area contributed by atoms with E-state index >= 15 is 0 Å². The van der Waals surface area contributed by atoms with Crippen molar-refractivity contribution in [3.05, 3.63) is 51.4 Å². The van der Waals surface area contributed by atoms with E-state index in [1.165, 1.54) is 31.0 Å². The summed E-state index contributed by atoms with van der Waals surface area (Å²) >= 11 is 6.28. The minimum absolute atomic E-state index is 0.268. The van der Waals surface area contributed by atoms with Gasteiger partial charge in [0.2, 0.25) is 0 Å². The fraction of sp³-hybridized carbons (Fsp3) is 0.458. The Morgan fingerprint density at radius 2 is 1.97 bits per heavy atom. The minimum atomic E-state index is -0.869. The molecule has 3 rings (SSSR count). The van der Waals surface area contributed by atoms with Crippen LogP contribution in [0.5, 0.6) is 5.75 Å². The molecule has 0 bridgehead atoms. The predicted octanol–water partition coefficient (Wildman–Crippen LogP) is 4.22. The Bertz CT molecular complexity index is 1100. The fourth-order valence-electron chi connectivity index (χ4n) is 3.60. The molecule has 1 unspecified atom stereocenters. The van der Waals surface area contributed by atoms with Crippen LogP contribution >= 0.6 is 11.6 Å². The van der Waals surface area contributed by atoms with E-state index in [1.54, 1.807) is 32.9 Å². The summed E-state index contributed by atoms with van der Waals surface area (Å²) in [5, 5.41) is 4.62. The third-order valence-electron chi connectivity index (χ3n) is 5.06. The zero-order valence-corrected chi connectivity index (χ0v) is 20.3. The highest BCUT2D eigenvalue weighted by atomic mass is 35.5. The van der Waals surface area contributed by atoms with Gasteiger partial charge in [0.15, 0.2) is 0 Å². The van der Waals surface area contributed by atoms with E-state index in [4.69, 9.17) is 30.6 Å². The first kappa shape index (κ1) is 24.8. The number of pyridine rings is 1. The molecule has 0 saturated carbocycles. The number of aromatic nitrogens is 1. The molecule has 0 fully saturated rings. The number of hydrogen-bond donors (Lipinski definition) is 0. The van der Waals surface area contributed by atoms with Gasteiger partial charge in [-0.2, -0.15) is 0 Å². The second-order valence-electron chi connectivity index (χ2n) is 8.64. The van der Waals surface area contributed by atoms with Crippen LogP contribution in [0.1, 0.15) is 45.2 Å². The molecule has 0 radical (unpaired) electrons. The van der Waals surface area contributed by atoms with Gasteiger partial charge in [-0.3, -0.25) is 9.36 Å². The second-order valence-corrected chi connectivity index (χ2v) is 9.08. The summed E-state index contributed by atoms with van der Waals surface area (Å²) in [7, 11) is 3.04. The van der Waals surface area contributed by atoms with Gasteiger partial charge in [-0.25, -0.2) is 4.79 Å². The monoisotopic (exact) mass is 476 g/mol. The van der Waals surface area contributed by atoms with Gasteiger partial charge in [0, 0.05) is 48.8 Å². The molecule has 1 aliphatic rings. The standard InChI is InChI=1S/C24H29ClN2O6/c1-24(2,3)33-23(29)20(9-10-30-4)27-14-21(31-5)18(13-22(27)28)17-12-15(25)6-7-16(17)19-8-11-32-26-19/h6-7,12-14,20H,8-11H2,1-5H3. The number of hydrogen-bond acceptors (Lipinski definition) is 7. The van der Waals surface area contributed by atoms with Crippen LogP contribution in [0.2, 0.25) is 5.02 Å². The zero-order valence-electron chi connectivity index (χ0n) is 19.5. The van der Waals surface area contributed by atoms with Crippen molar-refractivity contribution >= 4 is 23.3 Å². The smallest absolute Gasteiger partial charge is 0.329 e. The maximum atomic E-state index is 13.2. The van der Waals surface area contributed by atoms with Gasteiger partial charge in [0.1, 0.15) is 24.0 Å². The van der Waals surface area contributed by atoms with Crippen molar-refractivity contribution < 1.29 is 23.8 Å². The summed E-state index contributed by atoms with van der Waals surface area (Å²) in [4.78, 5) is 31.3. The number of rotatable bonds is 8. The first-order valence-electron chi connectivity index (χ1n) is 10.7. The third-order valence-corrected chi connectivity index (χ3v) is 5.30. The normalized spacial score (nSPS) is 14.4. The number of methoxy groups -OCH3 is 2. The summed E-state index contributed by atoms with van der Waals surface area (Å²) in [6.07, 6.45) is 2.44. The molecular weight excluding hydrogens is 448 g/mol. The predicted molar refractivity (Wildman–Crippen MR) is 126 cm³/mol. The highest BCUT2D eigenvalue weighted by Gasteiger charge is 2.29. The van der Waals surface area contributed by atoms with Crippen molar-refractivity contribution in [3.63, 3.8) is 0 Å². The molecule has 8 nitrogen and oxygen atoms in total. The minimum Gasteiger partial charge on any atom is -0.495 e. The fourth-order valence-corrected chi connectivity index (χ4v) is 3.77. The highest BCUT2D eigenvalue weighted by Crippen LogP contribution is 2.35. The number of benzene rings is 1. The van der Waals surface area contributed by atoms with Crippen LogP contribution in [0.4, 0.5) is 0 Å². The van der Waals surface area contributed by atoms with Crippen LogP contribution in [0.3, 0.4) is 0 Å². The average Bonchev–Trinajstić information content (AvgIpc) is 3.28. The highest BCUT2D eigenvalue weighted by molar-refractivity contribution is 6.31. The summed E-state index contributed by atoms with van der Waals surface area (Å²) in [6.45, 7) is 6.11. The van der Waals surface area contributed by atoms with E-state index in [2.05, 4.69) is 5.16 Å². The van der Waals surface area contributed by atoms with E-state index < -0.39 is 17.6 Å². The van der Waals surface area contributed by atoms with E-state index in [0.717, 1.165) is 11.3 Å². The number of carbonyl (C=O) groups is 1. The van der Waals surface area contributed by atoms with Crippen LogP contribution in [0, 0.1) is 0 Å². The van der Waals surface area contributed by atoms with Crippen molar-refractivity contribution in [2.24, 2.45) is 5.16 Å². The molecule has 0 saturated heterocycles. The molecule has 33 heavy (non-hydrogen) atoms. The topological polar surface area (TPSA) is 88.3 Å². The molecular formula is C24H29ClN2O6. The Balaban J connectivity index is 2.12.